The van der Waals surface area contributed by atoms with Gasteiger partial charge in [-0.05, 0) is 50.1 Å². The number of carbonyl (C=O) groups excluding carboxylic acids is 1. The summed E-state index contributed by atoms with van der Waals surface area (Å²) in [4.78, 5) is 13.5. The molecule has 0 radical (unpaired) electrons. The van der Waals surface area contributed by atoms with E-state index in [1.807, 2.05) is 44.2 Å². The number of aryl methyl sites for hydroxylation is 2. The Hall–Kier alpha value is -2.60. The van der Waals surface area contributed by atoms with Crippen molar-refractivity contribution < 1.29 is 13.7 Å². The second-order valence-electron chi connectivity index (χ2n) is 6.22. The number of nitrogens with one attached hydrogen (secondary N) is 1. The first kappa shape index (κ1) is 19.2. The van der Waals surface area contributed by atoms with Crippen LogP contribution in [0.15, 0.2) is 57.9 Å². The first-order chi connectivity index (χ1) is 13.0. The molecule has 4 nitrogen and oxygen atoms in total. The number of nitrogens with zero attached hydrogens (tertiary/aromatic N) is 1. The van der Waals surface area contributed by atoms with Gasteiger partial charge in [0.15, 0.2) is 0 Å². The summed E-state index contributed by atoms with van der Waals surface area (Å²) in [5, 5.41) is 6.88. The summed E-state index contributed by atoms with van der Waals surface area (Å²) in [7, 11) is 0. The van der Waals surface area contributed by atoms with Crippen LogP contribution >= 0.6 is 11.8 Å². The highest BCUT2D eigenvalue weighted by molar-refractivity contribution is 7.98. The highest BCUT2D eigenvalue weighted by Crippen LogP contribution is 2.28. The lowest BCUT2D eigenvalue weighted by Crippen LogP contribution is -2.26. The van der Waals surface area contributed by atoms with Crippen LogP contribution < -0.4 is 5.32 Å². The lowest BCUT2D eigenvalue weighted by Gasteiger charge is -2.10. The van der Waals surface area contributed by atoms with Gasteiger partial charge in [-0.1, -0.05) is 29.4 Å². The van der Waals surface area contributed by atoms with Crippen LogP contribution in [0.3, 0.4) is 0 Å². The van der Waals surface area contributed by atoms with Crippen LogP contribution in [0.5, 0.6) is 0 Å². The zero-order valence-corrected chi connectivity index (χ0v) is 16.1. The third-order valence-electron chi connectivity index (χ3n) is 4.27. The molecule has 3 aromatic rings. The first-order valence-corrected chi connectivity index (χ1v) is 9.69. The van der Waals surface area contributed by atoms with E-state index >= 15 is 0 Å². The fourth-order valence-corrected chi connectivity index (χ4v) is 3.95. The van der Waals surface area contributed by atoms with E-state index in [0.29, 0.717) is 24.3 Å². The van der Waals surface area contributed by atoms with Crippen LogP contribution in [0.4, 0.5) is 4.39 Å². The number of hydrogen-bond donors (Lipinski definition) is 1. The van der Waals surface area contributed by atoms with Gasteiger partial charge in [0.1, 0.15) is 11.6 Å². The predicted octanol–water partition coefficient (Wildman–Crippen LogP) is 4.70. The van der Waals surface area contributed by atoms with Gasteiger partial charge >= 0.3 is 0 Å². The molecule has 1 N–H and O–H groups in total. The Balaban J connectivity index is 1.61. The minimum atomic E-state index is -0.264. The average Bonchev–Trinajstić information content (AvgIpc) is 2.98. The summed E-state index contributed by atoms with van der Waals surface area (Å²) in [6, 6.07) is 13.9. The molecule has 0 spiro atoms. The van der Waals surface area contributed by atoms with Crippen molar-refractivity contribution in [1.82, 2.24) is 10.5 Å². The molecule has 0 bridgehead atoms. The number of hydrogen-bond acceptors (Lipinski definition) is 4. The Labute approximate surface area is 162 Å². The molecule has 1 aromatic heterocycles. The van der Waals surface area contributed by atoms with Crippen LogP contribution in [-0.2, 0) is 12.2 Å². The van der Waals surface area contributed by atoms with E-state index < -0.39 is 0 Å². The fourth-order valence-electron chi connectivity index (χ4n) is 2.75. The zero-order chi connectivity index (χ0) is 19.2. The van der Waals surface area contributed by atoms with Gasteiger partial charge in [0.05, 0.1) is 11.3 Å². The molecular formula is C21H21FN2O2S. The van der Waals surface area contributed by atoms with E-state index in [4.69, 9.17) is 4.52 Å². The number of rotatable bonds is 7. The average molecular weight is 384 g/mol. The maximum atomic E-state index is 13.2. The number of halogens is 1. The second kappa shape index (κ2) is 8.86. The predicted molar refractivity (Wildman–Crippen MR) is 104 cm³/mol. The molecular weight excluding hydrogens is 363 g/mol. The topological polar surface area (TPSA) is 55.1 Å². The molecule has 2 aromatic carbocycles. The molecule has 0 unspecified atom stereocenters. The Morgan fingerprint density at radius 2 is 2.00 bits per heavy atom. The molecule has 27 heavy (non-hydrogen) atoms. The number of carbonyl (C=O) groups is 1. The summed E-state index contributed by atoms with van der Waals surface area (Å²) >= 11 is 1.58. The molecule has 3 rings (SSSR count). The summed E-state index contributed by atoms with van der Waals surface area (Å²) < 4.78 is 18.4. The molecule has 1 heterocycles. The van der Waals surface area contributed by atoms with Crippen molar-refractivity contribution in [2.75, 3.05) is 6.54 Å². The van der Waals surface area contributed by atoms with E-state index in [9.17, 15) is 9.18 Å². The van der Waals surface area contributed by atoms with Crippen molar-refractivity contribution in [1.29, 1.82) is 0 Å². The summed E-state index contributed by atoms with van der Waals surface area (Å²) in [6.45, 7) is 4.25. The lowest BCUT2D eigenvalue weighted by atomic mass is 10.1. The molecule has 0 aliphatic rings. The van der Waals surface area contributed by atoms with E-state index in [1.54, 1.807) is 17.8 Å². The normalized spacial score (nSPS) is 10.8. The summed E-state index contributed by atoms with van der Waals surface area (Å²) in [6.07, 6.45) is 0.581. The van der Waals surface area contributed by atoms with Gasteiger partial charge in [0.25, 0.3) is 5.91 Å². The van der Waals surface area contributed by atoms with Gasteiger partial charge in [-0.15, -0.1) is 11.8 Å². The first-order valence-electron chi connectivity index (χ1n) is 8.71. The summed E-state index contributed by atoms with van der Waals surface area (Å²) in [5.74, 6) is 1.10. The fraction of sp³-hybridized carbons (Fsp3) is 0.238. The summed E-state index contributed by atoms with van der Waals surface area (Å²) in [5.41, 5.74) is 3.42. The van der Waals surface area contributed by atoms with Crippen molar-refractivity contribution in [2.24, 2.45) is 0 Å². The Kier molecular flexibility index (Phi) is 6.29. The highest BCUT2D eigenvalue weighted by Gasteiger charge is 2.14. The van der Waals surface area contributed by atoms with Crippen molar-refractivity contribution in [3.8, 4) is 0 Å². The van der Waals surface area contributed by atoms with Crippen molar-refractivity contribution in [3.05, 3.63) is 82.5 Å². The van der Waals surface area contributed by atoms with E-state index in [-0.39, 0.29) is 11.7 Å². The molecule has 6 heteroatoms. The molecule has 0 fully saturated rings. The van der Waals surface area contributed by atoms with Crippen molar-refractivity contribution >= 4 is 17.7 Å². The van der Waals surface area contributed by atoms with Gasteiger partial charge in [-0.25, -0.2) is 4.39 Å². The lowest BCUT2D eigenvalue weighted by molar-refractivity contribution is 0.0951. The van der Waals surface area contributed by atoms with Gasteiger partial charge in [0.2, 0.25) is 0 Å². The Morgan fingerprint density at radius 3 is 2.74 bits per heavy atom. The van der Waals surface area contributed by atoms with Crippen LogP contribution in [-0.4, -0.2) is 17.6 Å². The van der Waals surface area contributed by atoms with Crippen molar-refractivity contribution in [2.45, 2.75) is 30.9 Å². The maximum absolute atomic E-state index is 13.2. The number of amides is 1. The molecule has 0 saturated heterocycles. The van der Waals surface area contributed by atoms with Crippen molar-refractivity contribution in [3.63, 3.8) is 0 Å². The highest BCUT2D eigenvalue weighted by atomic mass is 32.2. The number of thioether (sulfide) groups is 1. The third-order valence-corrected chi connectivity index (χ3v) is 5.37. The van der Waals surface area contributed by atoms with Gasteiger partial charge in [-0.3, -0.25) is 4.79 Å². The van der Waals surface area contributed by atoms with E-state index in [1.165, 1.54) is 12.1 Å². The molecule has 1 amide bonds. The van der Waals surface area contributed by atoms with Crippen LogP contribution in [0, 0.1) is 19.7 Å². The van der Waals surface area contributed by atoms with Crippen LogP contribution in [0.1, 0.15) is 32.9 Å². The van der Waals surface area contributed by atoms with Gasteiger partial charge in [-0.2, -0.15) is 0 Å². The zero-order valence-electron chi connectivity index (χ0n) is 15.3. The van der Waals surface area contributed by atoms with Gasteiger partial charge < -0.3 is 9.84 Å². The van der Waals surface area contributed by atoms with Crippen LogP contribution in [0.25, 0.3) is 0 Å². The minimum absolute atomic E-state index is 0.131. The monoisotopic (exact) mass is 384 g/mol. The minimum Gasteiger partial charge on any atom is -0.361 e. The smallest absolute Gasteiger partial charge is 0.252 e. The number of aromatic nitrogens is 1. The third kappa shape index (κ3) is 4.98. The largest absolute Gasteiger partial charge is 0.361 e. The maximum Gasteiger partial charge on any atom is 0.252 e. The number of benzene rings is 2. The molecule has 0 aliphatic heterocycles. The quantitative estimate of drug-likeness (QED) is 0.600. The molecule has 0 aliphatic carbocycles. The SMILES string of the molecule is Cc1noc(C)c1CSc1ccccc1C(=O)NCCc1cccc(F)c1. The Bertz CT molecular complexity index is 920. The standard InChI is InChI=1S/C21H21FN2O2S/c1-14-19(15(2)26-24-14)13-27-20-9-4-3-8-18(20)21(25)23-11-10-16-6-5-7-17(22)12-16/h3-9,12H,10-11,13H2,1-2H3,(H,23,25). The van der Waals surface area contributed by atoms with Gasteiger partial charge in [0, 0.05) is 22.8 Å². The second-order valence-corrected chi connectivity index (χ2v) is 7.24. The van der Waals surface area contributed by atoms with E-state index in [2.05, 4.69) is 10.5 Å². The molecule has 0 atom stereocenters. The molecule has 0 saturated carbocycles. The molecule has 140 valence electrons. The Morgan fingerprint density at radius 1 is 1.19 bits per heavy atom. The van der Waals surface area contributed by atoms with E-state index in [0.717, 1.165) is 27.5 Å². The van der Waals surface area contributed by atoms with Crippen LogP contribution in [0.2, 0.25) is 0 Å².